The number of nitrogens with two attached hydrogens (primary N) is 1. The minimum absolute atomic E-state index is 0.133. The van der Waals surface area contributed by atoms with Crippen LogP contribution in [0.1, 0.15) is 6.92 Å². The standard InChI is InChI=1S/C12H17FN2O3/c1-3-18-11-5-4-8(6-9(11)13)15(2)12(17)10(14)7-16/h4-6,10,16H,3,7,14H2,1-2H3. The molecule has 0 heterocycles. The quantitative estimate of drug-likeness (QED) is 0.804. The first kappa shape index (κ1) is 14.4. The first-order valence-electron chi connectivity index (χ1n) is 5.57. The zero-order valence-corrected chi connectivity index (χ0v) is 10.4. The Morgan fingerprint density at radius 1 is 1.61 bits per heavy atom. The monoisotopic (exact) mass is 256 g/mol. The van der Waals surface area contributed by atoms with E-state index in [4.69, 9.17) is 15.6 Å². The number of aliphatic hydroxyl groups is 1. The first-order valence-corrected chi connectivity index (χ1v) is 5.57. The zero-order chi connectivity index (χ0) is 13.7. The predicted octanol–water partition coefficient (Wildman–Crippen LogP) is 0.507. The van der Waals surface area contributed by atoms with Gasteiger partial charge in [0.05, 0.1) is 13.2 Å². The molecule has 18 heavy (non-hydrogen) atoms. The van der Waals surface area contributed by atoms with Crippen molar-refractivity contribution in [1.82, 2.24) is 0 Å². The summed E-state index contributed by atoms with van der Waals surface area (Å²) in [5.41, 5.74) is 5.76. The number of hydrogen-bond acceptors (Lipinski definition) is 4. The second-order valence-corrected chi connectivity index (χ2v) is 3.73. The summed E-state index contributed by atoms with van der Waals surface area (Å²) in [6.45, 7) is 1.66. The van der Waals surface area contributed by atoms with Gasteiger partial charge >= 0.3 is 0 Å². The van der Waals surface area contributed by atoms with Gasteiger partial charge in [-0.15, -0.1) is 0 Å². The molecule has 0 aliphatic rings. The highest BCUT2D eigenvalue weighted by molar-refractivity contribution is 5.96. The van der Waals surface area contributed by atoms with Crippen molar-refractivity contribution < 1.29 is 19.0 Å². The lowest BCUT2D eigenvalue weighted by molar-refractivity contribution is -0.120. The molecule has 1 aromatic rings. The third-order valence-electron chi connectivity index (χ3n) is 2.45. The van der Waals surface area contributed by atoms with Crippen molar-refractivity contribution in [2.45, 2.75) is 13.0 Å². The maximum absolute atomic E-state index is 13.6. The summed E-state index contributed by atoms with van der Waals surface area (Å²) in [7, 11) is 1.47. The lowest BCUT2D eigenvalue weighted by Gasteiger charge is -2.20. The second-order valence-electron chi connectivity index (χ2n) is 3.73. The summed E-state index contributed by atoms with van der Waals surface area (Å²) in [5.74, 6) is -0.902. The molecule has 0 saturated heterocycles. The van der Waals surface area contributed by atoms with E-state index in [9.17, 15) is 9.18 Å². The molecule has 1 rings (SSSR count). The van der Waals surface area contributed by atoms with E-state index in [0.29, 0.717) is 12.3 Å². The Hall–Kier alpha value is -1.66. The van der Waals surface area contributed by atoms with Crippen LogP contribution in [0.5, 0.6) is 5.75 Å². The van der Waals surface area contributed by atoms with Crippen LogP contribution in [0.15, 0.2) is 18.2 Å². The van der Waals surface area contributed by atoms with E-state index >= 15 is 0 Å². The van der Waals surface area contributed by atoms with Crippen LogP contribution < -0.4 is 15.4 Å². The normalized spacial score (nSPS) is 12.1. The molecule has 6 heteroatoms. The molecule has 0 aromatic heterocycles. The molecule has 1 atom stereocenters. The number of hydrogen-bond donors (Lipinski definition) is 2. The molecule has 0 spiro atoms. The van der Waals surface area contributed by atoms with Crippen molar-refractivity contribution in [2.75, 3.05) is 25.2 Å². The van der Waals surface area contributed by atoms with E-state index in [-0.39, 0.29) is 5.75 Å². The van der Waals surface area contributed by atoms with Crippen LogP contribution in [0, 0.1) is 5.82 Å². The lowest BCUT2D eigenvalue weighted by Crippen LogP contribution is -2.44. The second kappa shape index (κ2) is 6.32. The lowest BCUT2D eigenvalue weighted by atomic mass is 10.2. The van der Waals surface area contributed by atoms with E-state index in [2.05, 4.69) is 0 Å². The highest BCUT2D eigenvalue weighted by Crippen LogP contribution is 2.23. The Bertz CT molecular complexity index is 426. The van der Waals surface area contributed by atoms with Gasteiger partial charge in [0.15, 0.2) is 11.6 Å². The van der Waals surface area contributed by atoms with Gasteiger partial charge in [-0.2, -0.15) is 0 Å². The number of carbonyl (C=O) groups is 1. The summed E-state index contributed by atoms with van der Waals surface area (Å²) in [5, 5.41) is 8.80. The number of benzene rings is 1. The Balaban J connectivity index is 2.90. The minimum Gasteiger partial charge on any atom is -0.491 e. The Morgan fingerprint density at radius 2 is 2.28 bits per heavy atom. The van der Waals surface area contributed by atoms with Gasteiger partial charge in [-0.1, -0.05) is 0 Å². The number of halogens is 1. The molecule has 0 saturated carbocycles. The van der Waals surface area contributed by atoms with E-state index in [0.717, 1.165) is 0 Å². The van der Waals surface area contributed by atoms with Gasteiger partial charge < -0.3 is 20.5 Å². The van der Waals surface area contributed by atoms with E-state index in [1.807, 2.05) is 0 Å². The molecule has 0 bridgehead atoms. The molecule has 0 fully saturated rings. The largest absolute Gasteiger partial charge is 0.491 e. The third-order valence-corrected chi connectivity index (χ3v) is 2.45. The average molecular weight is 256 g/mol. The summed E-state index contributed by atoms with van der Waals surface area (Å²) in [6.07, 6.45) is 0. The summed E-state index contributed by atoms with van der Waals surface area (Å²) in [6, 6.07) is 3.18. The van der Waals surface area contributed by atoms with Crippen LogP contribution in [-0.2, 0) is 4.79 Å². The summed E-state index contributed by atoms with van der Waals surface area (Å²) >= 11 is 0. The van der Waals surface area contributed by atoms with Gasteiger partial charge in [0, 0.05) is 18.8 Å². The smallest absolute Gasteiger partial charge is 0.246 e. The number of ether oxygens (including phenoxy) is 1. The molecule has 1 aromatic carbocycles. The van der Waals surface area contributed by atoms with Crippen molar-refractivity contribution >= 4 is 11.6 Å². The Morgan fingerprint density at radius 3 is 2.78 bits per heavy atom. The molecule has 0 aliphatic carbocycles. The predicted molar refractivity (Wildman–Crippen MR) is 66.0 cm³/mol. The highest BCUT2D eigenvalue weighted by atomic mass is 19.1. The molecular weight excluding hydrogens is 239 g/mol. The molecule has 0 radical (unpaired) electrons. The van der Waals surface area contributed by atoms with Gasteiger partial charge in [0.25, 0.3) is 0 Å². The molecule has 100 valence electrons. The molecule has 5 nitrogen and oxygen atoms in total. The van der Waals surface area contributed by atoms with E-state index < -0.39 is 24.4 Å². The molecule has 0 aliphatic heterocycles. The molecule has 1 amide bonds. The van der Waals surface area contributed by atoms with Gasteiger partial charge in [-0.3, -0.25) is 4.79 Å². The third kappa shape index (κ3) is 3.18. The Kier molecular flexibility index (Phi) is 5.06. The van der Waals surface area contributed by atoms with E-state index in [1.54, 1.807) is 13.0 Å². The van der Waals surface area contributed by atoms with Crippen molar-refractivity contribution in [3.05, 3.63) is 24.0 Å². The summed E-state index contributed by atoms with van der Waals surface area (Å²) in [4.78, 5) is 12.9. The number of nitrogens with zero attached hydrogens (tertiary/aromatic N) is 1. The van der Waals surface area contributed by atoms with Crippen molar-refractivity contribution in [1.29, 1.82) is 0 Å². The average Bonchev–Trinajstić information content (AvgIpc) is 2.38. The van der Waals surface area contributed by atoms with Crippen molar-refractivity contribution in [3.8, 4) is 5.75 Å². The topological polar surface area (TPSA) is 75.8 Å². The minimum atomic E-state index is -1.01. The van der Waals surface area contributed by atoms with Crippen LogP contribution in [0.4, 0.5) is 10.1 Å². The SMILES string of the molecule is CCOc1ccc(N(C)C(=O)C(N)CO)cc1F. The fourth-order valence-corrected chi connectivity index (χ4v) is 1.43. The maximum atomic E-state index is 13.6. The number of rotatable bonds is 5. The first-order chi connectivity index (χ1) is 8.51. The number of carbonyl (C=O) groups excluding carboxylic acids is 1. The number of aliphatic hydroxyl groups excluding tert-OH is 1. The van der Waals surface area contributed by atoms with Crippen LogP contribution >= 0.6 is 0 Å². The number of anilines is 1. The Labute approximate surface area is 105 Å². The van der Waals surface area contributed by atoms with Gasteiger partial charge in [0.1, 0.15) is 6.04 Å². The number of amides is 1. The van der Waals surface area contributed by atoms with Crippen molar-refractivity contribution in [2.24, 2.45) is 5.73 Å². The number of likely N-dealkylation sites (N-methyl/N-ethyl adjacent to an activating group) is 1. The fraction of sp³-hybridized carbons (Fsp3) is 0.417. The highest BCUT2D eigenvalue weighted by Gasteiger charge is 2.19. The summed E-state index contributed by atoms with van der Waals surface area (Å²) < 4.78 is 18.7. The van der Waals surface area contributed by atoms with Crippen LogP contribution in [-0.4, -0.2) is 37.3 Å². The van der Waals surface area contributed by atoms with Crippen LogP contribution in [0.3, 0.4) is 0 Å². The van der Waals surface area contributed by atoms with E-state index in [1.165, 1.54) is 24.1 Å². The van der Waals surface area contributed by atoms with Gasteiger partial charge in [-0.25, -0.2) is 4.39 Å². The van der Waals surface area contributed by atoms with Gasteiger partial charge in [-0.05, 0) is 19.1 Å². The molecule has 3 N–H and O–H groups in total. The molecule has 1 unspecified atom stereocenters. The maximum Gasteiger partial charge on any atom is 0.246 e. The fourth-order valence-electron chi connectivity index (χ4n) is 1.43. The zero-order valence-electron chi connectivity index (χ0n) is 10.4. The molecular formula is C12H17FN2O3. The van der Waals surface area contributed by atoms with Gasteiger partial charge in [0.2, 0.25) is 5.91 Å². The van der Waals surface area contributed by atoms with Crippen LogP contribution in [0.2, 0.25) is 0 Å². The van der Waals surface area contributed by atoms with Crippen LogP contribution in [0.25, 0.3) is 0 Å². The van der Waals surface area contributed by atoms with Crippen molar-refractivity contribution in [3.63, 3.8) is 0 Å².